The highest BCUT2D eigenvalue weighted by molar-refractivity contribution is 9.10. The second-order valence-corrected chi connectivity index (χ2v) is 32.1. The molecule has 2 fully saturated rings. The molecule has 16 heteroatoms. The van der Waals surface area contributed by atoms with Gasteiger partial charge in [-0.25, -0.2) is 29.9 Å². The number of pyridine rings is 3. The van der Waals surface area contributed by atoms with Crippen LogP contribution in [0.25, 0.3) is 157 Å². The lowest BCUT2D eigenvalue weighted by Gasteiger charge is -2.32. The van der Waals surface area contributed by atoms with Crippen LogP contribution in [0.4, 0.5) is 0 Å². The molecule has 12 aromatic carbocycles. The highest BCUT2D eigenvalue weighted by Gasteiger charge is 2.54. The highest BCUT2D eigenvalue weighted by atomic mass is 79.9. The Morgan fingerprint density at radius 3 is 0.744 bits per heavy atom. The van der Waals surface area contributed by atoms with E-state index in [1.165, 1.54) is 16.3 Å². The van der Waals surface area contributed by atoms with Gasteiger partial charge in [-0.3, -0.25) is 15.0 Å². The van der Waals surface area contributed by atoms with Crippen molar-refractivity contribution in [3.8, 4) is 135 Å². The van der Waals surface area contributed by atoms with Gasteiger partial charge in [0.15, 0.2) is 34.9 Å². The van der Waals surface area contributed by atoms with Crippen molar-refractivity contribution in [2.75, 3.05) is 0 Å². The highest BCUT2D eigenvalue weighted by Crippen LogP contribution is 2.44. The topological polar surface area (TPSA) is 153 Å². The van der Waals surface area contributed by atoms with E-state index < -0.39 is 36.6 Å². The molecule has 17 aromatic rings. The molecule has 0 bridgehead atoms. The fourth-order valence-electron chi connectivity index (χ4n) is 14.7. The molecule has 0 radical (unpaired) electrons. The summed E-state index contributed by atoms with van der Waals surface area (Å²) >= 11 is 3.25. The number of aromatic nitrogens is 9. The summed E-state index contributed by atoms with van der Waals surface area (Å²) in [5.74, 6) is 3.83. The molecule has 0 amide bonds. The van der Waals surface area contributed by atoms with Gasteiger partial charge in [0.05, 0.1) is 22.4 Å². The van der Waals surface area contributed by atoms with Crippen LogP contribution in [-0.4, -0.2) is 81.5 Å². The standard InChI is InChI=1S/C49H47B2N3O4.C47H31N5.C5H4BrN/c1-46(2)47(3,4)56-50(55-46)37-29-36(30-38(31-37)51-57-48(5,6)49(7,8)58-51)40-28-27-39(41-21-15-16-22-42(40)41)32-23-25-35(26-24-32)45-53-43(33-17-11-9-12-18-33)52-44(54-45)34-19-13-10-14-20-34;1-3-11-33(12-4-1)45-50-46(34-13-5-2-6-14-34)52-47(51-45)35-21-19-32(20-22-35)41-23-24-42(44-18-8-7-17-43(41)44)40-28-38(36-15-9-25-48-30-36)27-39(29-40)37-16-10-26-49-31-37;6-5-2-1-3-7-4-5/h9-31H,1-8H3;1-31H;1-4H. The maximum Gasteiger partial charge on any atom is 0.494 e. The molecule has 13 nitrogen and oxygen atoms in total. The Hall–Kier alpha value is -12.9. The fraction of sp³-hybridized carbons (Fsp3) is 0.119. The van der Waals surface area contributed by atoms with Crippen LogP contribution in [-0.2, 0) is 18.6 Å². The molecule has 0 saturated carbocycles. The molecule has 0 N–H and O–H groups in total. The zero-order valence-corrected chi connectivity index (χ0v) is 67.8. The Bertz CT molecular complexity index is 6140. The van der Waals surface area contributed by atoms with E-state index in [2.05, 4.69) is 256 Å². The van der Waals surface area contributed by atoms with Crippen LogP contribution < -0.4 is 10.9 Å². The summed E-state index contributed by atoms with van der Waals surface area (Å²) < 4.78 is 27.4. The zero-order valence-electron chi connectivity index (χ0n) is 66.2. The van der Waals surface area contributed by atoms with Gasteiger partial charge in [0.1, 0.15) is 0 Å². The van der Waals surface area contributed by atoms with Crippen molar-refractivity contribution < 1.29 is 18.6 Å². The Morgan fingerprint density at radius 2 is 0.470 bits per heavy atom. The van der Waals surface area contributed by atoms with Gasteiger partial charge in [-0.05, 0) is 202 Å². The Balaban J connectivity index is 0.000000156. The summed E-state index contributed by atoms with van der Waals surface area (Å²) in [6.07, 6.45) is 10.9. The minimum Gasteiger partial charge on any atom is -0.399 e. The first kappa shape index (κ1) is 76.7. The van der Waals surface area contributed by atoms with Crippen LogP contribution in [0.5, 0.6) is 0 Å². The third-order valence-electron chi connectivity index (χ3n) is 22.4. The third kappa shape index (κ3) is 16.4. The molecule has 7 heterocycles. The average molecular weight is 1590 g/mol. The summed E-state index contributed by atoms with van der Waals surface area (Å²) in [5.41, 5.74) is 18.8. The van der Waals surface area contributed by atoms with E-state index >= 15 is 0 Å². The van der Waals surface area contributed by atoms with Crippen molar-refractivity contribution in [1.82, 2.24) is 44.9 Å². The second kappa shape index (κ2) is 32.8. The van der Waals surface area contributed by atoms with Crippen LogP contribution in [0.15, 0.2) is 357 Å². The van der Waals surface area contributed by atoms with Crippen LogP contribution >= 0.6 is 15.9 Å². The minimum atomic E-state index is -0.549. The number of halogens is 1. The number of fused-ring (bicyclic) bond motifs is 2. The van der Waals surface area contributed by atoms with Gasteiger partial charge < -0.3 is 18.6 Å². The SMILES string of the molecule is Brc1cccnc1.CC1(C)OB(c2cc(B3OC(C)(C)C(C)(C)O3)cc(-c3ccc(-c4ccc(-c5nc(-c6ccccc6)nc(-c6ccccc6)n5)cc4)c4ccccc34)c2)OC1(C)C.c1ccc(-c2nc(-c3ccccc3)nc(-c3ccc(-c4ccc(-c5cc(-c6cccnc6)cc(-c6cccnc6)c5)c5ccccc45)cc3)n2)cc1. The van der Waals surface area contributed by atoms with Gasteiger partial charge in [-0.2, -0.15) is 0 Å². The predicted molar refractivity (Wildman–Crippen MR) is 479 cm³/mol. The van der Waals surface area contributed by atoms with E-state index in [0.29, 0.717) is 34.9 Å². The molecule has 5 aromatic heterocycles. The smallest absolute Gasteiger partial charge is 0.399 e. The lowest BCUT2D eigenvalue weighted by molar-refractivity contribution is 0.00578. The van der Waals surface area contributed by atoms with Crippen molar-refractivity contribution in [2.24, 2.45) is 0 Å². The van der Waals surface area contributed by atoms with Crippen molar-refractivity contribution in [3.63, 3.8) is 0 Å². The molecular formula is C101H82B2BrN9O4. The number of hydrogen-bond donors (Lipinski definition) is 0. The van der Waals surface area contributed by atoms with E-state index in [1.807, 2.05) is 170 Å². The van der Waals surface area contributed by atoms with E-state index in [4.69, 9.17) is 48.5 Å². The predicted octanol–water partition coefficient (Wildman–Crippen LogP) is 23.3. The zero-order chi connectivity index (χ0) is 80.3. The van der Waals surface area contributed by atoms with Crippen LogP contribution in [0.2, 0.25) is 0 Å². The molecule has 0 atom stereocenters. The number of nitrogens with zero attached hydrogens (tertiary/aromatic N) is 9. The van der Waals surface area contributed by atoms with E-state index in [0.717, 1.165) is 121 Å². The average Bonchev–Trinajstić information content (AvgIpc) is 1.62. The summed E-state index contributed by atoms with van der Waals surface area (Å²) in [5, 5.41) is 4.64. The van der Waals surface area contributed by atoms with Crippen molar-refractivity contribution >= 4 is 62.6 Å². The van der Waals surface area contributed by atoms with E-state index in [1.54, 1.807) is 12.4 Å². The molecule has 19 rings (SSSR count). The molecule has 0 spiro atoms. The molecule has 568 valence electrons. The quantitative estimate of drug-likeness (QED) is 0.0950. The Labute approximate surface area is 691 Å². The van der Waals surface area contributed by atoms with Gasteiger partial charge in [-0.1, -0.05) is 273 Å². The van der Waals surface area contributed by atoms with E-state index in [-0.39, 0.29) is 0 Å². The summed E-state index contributed by atoms with van der Waals surface area (Å²) in [6.45, 7) is 16.7. The fourth-order valence-corrected chi connectivity index (χ4v) is 14.9. The lowest BCUT2D eigenvalue weighted by atomic mass is 9.70. The number of benzene rings is 12. The maximum absolute atomic E-state index is 6.59. The number of rotatable bonds is 14. The van der Waals surface area contributed by atoms with E-state index in [9.17, 15) is 0 Å². The van der Waals surface area contributed by atoms with Gasteiger partial charge in [-0.15, -0.1) is 0 Å². The number of hydrogen-bond acceptors (Lipinski definition) is 13. The molecule has 2 aliphatic heterocycles. The molecule has 0 aliphatic carbocycles. The monoisotopic (exact) mass is 1590 g/mol. The largest absolute Gasteiger partial charge is 0.494 e. The molecule has 2 aliphatic rings. The van der Waals surface area contributed by atoms with Gasteiger partial charge >= 0.3 is 14.2 Å². The molecule has 117 heavy (non-hydrogen) atoms. The molecule has 2 saturated heterocycles. The van der Waals surface area contributed by atoms with Crippen molar-refractivity contribution in [1.29, 1.82) is 0 Å². The summed E-state index contributed by atoms with van der Waals surface area (Å²) in [4.78, 5) is 42.1. The summed E-state index contributed by atoms with van der Waals surface area (Å²) in [6, 6.07) is 109. The first-order valence-electron chi connectivity index (χ1n) is 39.2. The first-order valence-corrected chi connectivity index (χ1v) is 40.0. The van der Waals surface area contributed by atoms with Crippen LogP contribution in [0.1, 0.15) is 55.4 Å². The Kier molecular flexibility index (Phi) is 21.5. The van der Waals surface area contributed by atoms with Crippen LogP contribution in [0, 0.1) is 0 Å². The first-order chi connectivity index (χ1) is 56.8. The Morgan fingerprint density at radius 1 is 0.222 bits per heavy atom. The third-order valence-corrected chi connectivity index (χ3v) is 22.8. The summed E-state index contributed by atoms with van der Waals surface area (Å²) in [7, 11) is -1.10. The van der Waals surface area contributed by atoms with Gasteiger partial charge in [0.25, 0.3) is 0 Å². The van der Waals surface area contributed by atoms with Gasteiger partial charge in [0.2, 0.25) is 0 Å². The van der Waals surface area contributed by atoms with Crippen molar-refractivity contribution in [2.45, 2.75) is 77.8 Å². The van der Waals surface area contributed by atoms with Crippen LogP contribution in [0.3, 0.4) is 0 Å². The molecular weight excluding hydrogens is 1500 g/mol. The lowest BCUT2D eigenvalue weighted by Crippen LogP contribution is -2.41. The normalized spacial score (nSPS) is 14.3. The van der Waals surface area contributed by atoms with Gasteiger partial charge in [0, 0.05) is 86.2 Å². The second-order valence-electron chi connectivity index (χ2n) is 31.2. The maximum atomic E-state index is 6.59. The molecule has 0 unspecified atom stereocenters. The minimum absolute atomic E-state index is 0.486. The van der Waals surface area contributed by atoms with Crippen molar-refractivity contribution in [3.05, 3.63) is 357 Å².